The van der Waals surface area contributed by atoms with Crippen LogP contribution in [0.5, 0.6) is 0 Å². The number of nitriles is 1. The topological polar surface area (TPSA) is 53.3 Å². The Balaban J connectivity index is 2.87. The zero-order valence-corrected chi connectivity index (χ0v) is 8.73. The summed E-state index contributed by atoms with van der Waals surface area (Å²) < 4.78 is 4.55. The van der Waals surface area contributed by atoms with Crippen LogP contribution in [0.2, 0.25) is 0 Å². The zero-order valence-electron chi connectivity index (χ0n) is 8.73. The van der Waals surface area contributed by atoms with Gasteiger partial charge in [-0.1, -0.05) is 12.1 Å². The van der Waals surface area contributed by atoms with E-state index in [1.54, 1.807) is 30.1 Å². The second-order valence-electron chi connectivity index (χ2n) is 3.06. The van der Waals surface area contributed by atoms with Gasteiger partial charge in [0.15, 0.2) is 0 Å². The van der Waals surface area contributed by atoms with E-state index in [9.17, 15) is 4.79 Å². The van der Waals surface area contributed by atoms with Gasteiger partial charge < -0.3 is 9.64 Å². The molecule has 0 heterocycles. The van der Waals surface area contributed by atoms with Crippen molar-refractivity contribution in [2.45, 2.75) is 0 Å². The Labute approximate surface area is 88.7 Å². The third-order valence-corrected chi connectivity index (χ3v) is 2.03. The van der Waals surface area contributed by atoms with Crippen molar-refractivity contribution in [3.05, 3.63) is 29.8 Å². The molecule has 0 atom stereocenters. The monoisotopic (exact) mass is 204 g/mol. The highest BCUT2D eigenvalue weighted by Crippen LogP contribution is 2.17. The molecule has 0 bridgehead atoms. The van der Waals surface area contributed by atoms with Crippen LogP contribution in [0, 0.1) is 11.3 Å². The fourth-order valence-corrected chi connectivity index (χ4v) is 1.24. The Morgan fingerprint density at radius 1 is 1.53 bits per heavy atom. The molecule has 1 aromatic rings. The predicted octanol–water partition coefficient (Wildman–Crippen LogP) is 1.17. The maximum atomic E-state index is 11.0. The van der Waals surface area contributed by atoms with Gasteiger partial charge in [0.2, 0.25) is 0 Å². The minimum atomic E-state index is -0.328. The van der Waals surface area contributed by atoms with Crippen molar-refractivity contribution in [2.24, 2.45) is 0 Å². The maximum absolute atomic E-state index is 11.0. The second-order valence-corrected chi connectivity index (χ2v) is 3.06. The van der Waals surface area contributed by atoms with E-state index in [0.717, 1.165) is 5.69 Å². The highest BCUT2D eigenvalue weighted by atomic mass is 16.5. The van der Waals surface area contributed by atoms with Crippen molar-refractivity contribution < 1.29 is 9.53 Å². The highest BCUT2D eigenvalue weighted by Gasteiger charge is 2.10. The van der Waals surface area contributed by atoms with Gasteiger partial charge in [0, 0.05) is 7.05 Å². The summed E-state index contributed by atoms with van der Waals surface area (Å²) in [5.41, 5.74) is 1.27. The molecule has 0 spiro atoms. The molecule has 0 aliphatic carbocycles. The maximum Gasteiger partial charge on any atom is 0.325 e. The summed E-state index contributed by atoms with van der Waals surface area (Å²) in [6, 6.07) is 9.19. The van der Waals surface area contributed by atoms with Crippen LogP contribution in [0.25, 0.3) is 0 Å². The van der Waals surface area contributed by atoms with E-state index in [4.69, 9.17) is 5.26 Å². The number of ether oxygens (including phenoxy) is 1. The molecular formula is C11H12N2O2. The third kappa shape index (κ3) is 2.71. The number of likely N-dealkylation sites (N-methyl/N-ethyl adjacent to an activating group) is 1. The number of anilines is 1. The molecule has 0 saturated heterocycles. The fraction of sp³-hybridized carbons (Fsp3) is 0.273. The number of carbonyl (C=O) groups is 1. The van der Waals surface area contributed by atoms with Gasteiger partial charge in [-0.2, -0.15) is 5.26 Å². The molecule has 78 valence electrons. The average Bonchev–Trinajstić information content (AvgIpc) is 2.28. The molecule has 0 aromatic heterocycles. The molecule has 0 N–H and O–H groups in total. The molecule has 1 rings (SSSR count). The first-order valence-corrected chi connectivity index (χ1v) is 4.46. The Bertz CT molecular complexity index is 396. The lowest BCUT2D eigenvalue weighted by atomic mass is 10.2. The van der Waals surface area contributed by atoms with E-state index in [1.807, 2.05) is 6.07 Å². The van der Waals surface area contributed by atoms with Crippen molar-refractivity contribution >= 4 is 11.7 Å². The van der Waals surface area contributed by atoms with Crippen LogP contribution in [0.4, 0.5) is 5.69 Å². The van der Waals surface area contributed by atoms with Crippen molar-refractivity contribution in [3.8, 4) is 6.07 Å². The first-order chi connectivity index (χ1) is 7.19. The number of benzene rings is 1. The summed E-state index contributed by atoms with van der Waals surface area (Å²) in [5.74, 6) is -0.328. The molecule has 0 aliphatic rings. The van der Waals surface area contributed by atoms with Crippen LogP contribution >= 0.6 is 0 Å². The summed E-state index contributed by atoms with van der Waals surface area (Å²) in [6.45, 7) is 0.134. The van der Waals surface area contributed by atoms with Gasteiger partial charge in [-0.25, -0.2) is 0 Å². The van der Waals surface area contributed by atoms with Crippen LogP contribution in [-0.4, -0.2) is 26.7 Å². The van der Waals surface area contributed by atoms with E-state index >= 15 is 0 Å². The van der Waals surface area contributed by atoms with E-state index in [1.165, 1.54) is 7.11 Å². The second kappa shape index (κ2) is 5.01. The molecule has 15 heavy (non-hydrogen) atoms. The minimum Gasteiger partial charge on any atom is -0.468 e. The molecule has 0 aliphatic heterocycles. The summed E-state index contributed by atoms with van der Waals surface area (Å²) in [5, 5.41) is 8.87. The number of nitrogens with zero attached hydrogens (tertiary/aromatic N) is 2. The average molecular weight is 204 g/mol. The SMILES string of the molecule is COC(=O)CN(C)c1ccccc1C#N. The predicted molar refractivity (Wildman–Crippen MR) is 56.4 cm³/mol. The lowest BCUT2D eigenvalue weighted by Crippen LogP contribution is -2.26. The lowest BCUT2D eigenvalue weighted by Gasteiger charge is -2.18. The van der Waals surface area contributed by atoms with Crippen molar-refractivity contribution in [3.63, 3.8) is 0 Å². The fourth-order valence-electron chi connectivity index (χ4n) is 1.24. The van der Waals surface area contributed by atoms with Crippen molar-refractivity contribution in [1.82, 2.24) is 0 Å². The number of carbonyl (C=O) groups excluding carboxylic acids is 1. The summed E-state index contributed by atoms with van der Waals surface area (Å²) >= 11 is 0. The first-order valence-electron chi connectivity index (χ1n) is 4.46. The van der Waals surface area contributed by atoms with E-state index < -0.39 is 0 Å². The Morgan fingerprint density at radius 2 is 2.20 bits per heavy atom. The number of rotatable bonds is 3. The quantitative estimate of drug-likeness (QED) is 0.693. The number of para-hydroxylation sites is 1. The lowest BCUT2D eigenvalue weighted by molar-refractivity contribution is -0.138. The number of esters is 1. The smallest absolute Gasteiger partial charge is 0.325 e. The molecular weight excluding hydrogens is 192 g/mol. The van der Waals surface area contributed by atoms with E-state index in [-0.39, 0.29) is 12.5 Å². The Hall–Kier alpha value is -2.02. The van der Waals surface area contributed by atoms with Gasteiger partial charge in [0.1, 0.15) is 12.6 Å². The molecule has 4 nitrogen and oxygen atoms in total. The Kier molecular flexibility index (Phi) is 3.69. The van der Waals surface area contributed by atoms with Gasteiger partial charge in [-0.3, -0.25) is 4.79 Å². The van der Waals surface area contributed by atoms with Gasteiger partial charge in [0.05, 0.1) is 18.4 Å². The number of methoxy groups -OCH3 is 1. The molecule has 1 aromatic carbocycles. The van der Waals surface area contributed by atoms with Gasteiger partial charge in [-0.05, 0) is 12.1 Å². The Morgan fingerprint density at radius 3 is 2.80 bits per heavy atom. The van der Waals surface area contributed by atoms with Gasteiger partial charge >= 0.3 is 5.97 Å². The number of hydrogen-bond acceptors (Lipinski definition) is 4. The van der Waals surface area contributed by atoms with Crippen LogP contribution < -0.4 is 4.90 Å². The minimum absolute atomic E-state index is 0.134. The molecule has 0 radical (unpaired) electrons. The standard InChI is InChI=1S/C11H12N2O2/c1-13(8-11(14)15-2)10-6-4-3-5-9(10)7-12/h3-6H,8H2,1-2H3. The van der Waals surface area contributed by atoms with Crippen molar-refractivity contribution in [1.29, 1.82) is 5.26 Å². The van der Waals surface area contributed by atoms with Gasteiger partial charge in [0.25, 0.3) is 0 Å². The molecule has 0 amide bonds. The van der Waals surface area contributed by atoms with Crippen molar-refractivity contribution in [2.75, 3.05) is 25.6 Å². The van der Waals surface area contributed by atoms with Crippen LogP contribution in [0.15, 0.2) is 24.3 Å². The summed E-state index contributed by atoms with van der Waals surface area (Å²) in [7, 11) is 3.08. The van der Waals surface area contributed by atoms with Crippen LogP contribution in [0.1, 0.15) is 5.56 Å². The zero-order chi connectivity index (χ0) is 11.3. The molecule has 4 heteroatoms. The van der Waals surface area contributed by atoms with Crippen LogP contribution in [-0.2, 0) is 9.53 Å². The molecule has 0 unspecified atom stereocenters. The van der Waals surface area contributed by atoms with E-state index in [2.05, 4.69) is 10.8 Å². The highest BCUT2D eigenvalue weighted by molar-refractivity contribution is 5.76. The first kappa shape index (κ1) is 11.1. The summed E-state index contributed by atoms with van der Waals surface area (Å²) in [6.07, 6.45) is 0. The van der Waals surface area contributed by atoms with Crippen LogP contribution in [0.3, 0.4) is 0 Å². The molecule has 0 fully saturated rings. The number of hydrogen-bond donors (Lipinski definition) is 0. The summed E-state index contributed by atoms with van der Waals surface area (Å²) in [4.78, 5) is 12.7. The largest absolute Gasteiger partial charge is 0.468 e. The van der Waals surface area contributed by atoms with Gasteiger partial charge in [-0.15, -0.1) is 0 Å². The third-order valence-electron chi connectivity index (χ3n) is 2.03. The molecule has 0 saturated carbocycles. The normalized spacial score (nSPS) is 9.13. The van der Waals surface area contributed by atoms with E-state index in [0.29, 0.717) is 5.56 Å².